The van der Waals surface area contributed by atoms with Gasteiger partial charge in [-0.3, -0.25) is 4.90 Å². The lowest BCUT2D eigenvalue weighted by Gasteiger charge is -2.30. The van der Waals surface area contributed by atoms with Crippen LogP contribution in [0.4, 0.5) is 11.8 Å². The predicted molar refractivity (Wildman–Crippen MR) is 127 cm³/mol. The first-order valence-corrected chi connectivity index (χ1v) is 11.3. The molecule has 4 rings (SSSR count). The first-order valence-electron chi connectivity index (χ1n) is 10.5. The van der Waals surface area contributed by atoms with Gasteiger partial charge in [-0.1, -0.05) is 37.0 Å². The summed E-state index contributed by atoms with van der Waals surface area (Å²) in [5.41, 5.74) is 1.70. The summed E-state index contributed by atoms with van der Waals surface area (Å²) in [5.74, 6) is 1.53. The molecule has 1 saturated heterocycles. The van der Waals surface area contributed by atoms with E-state index in [0.29, 0.717) is 27.7 Å². The number of likely N-dealkylation sites (N-methyl/N-ethyl adjacent to an activating group) is 1. The molecular weight excluding hydrogens is 449 g/mol. The Bertz CT molecular complexity index is 1090. The molecule has 1 unspecified atom stereocenters. The van der Waals surface area contributed by atoms with Gasteiger partial charge in [0.2, 0.25) is 5.95 Å². The van der Waals surface area contributed by atoms with Gasteiger partial charge in [0.25, 0.3) is 0 Å². The van der Waals surface area contributed by atoms with E-state index in [9.17, 15) is 5.11 Å². The molecule has 32 heavy (non-hydrogen) atoms. The average Bonchev–Trinajstić information content (AvgIpc) is 3.36. The highest BCUT2D eigenvalue weighted by molar-refractivity contribution is 6.42. The highest BCUT2D eigenvalue weighted by atomic mass is 35.5. The Morgan fingerprint density at radius 1 is 1.12 bits per heavy atom. The molecule has 0 amide bonds. The van der Waals surface area contributed by atoms with Crippen molar-refractivity contribution >= 4 is 35.0 Å². The van der Waals surface area contributed by atoms with Crippen LogP contribution in [0, 0.1) is 5.92 Å². The largest absolute Gasteiger partial charge is 0.361 e. The number of imidazole rings is 1. The van der Waals surface area contributed by atoms with Crippen molar-refractivity contribution in [2.75, 3.05) is 23.8 Å². The van der Waals surface area contributed by atoms with E-state index in [4.69, 9.17) is 23.2 Å². The number of aliphatic hydroxyl groups excluding tert-OH is 1. The van der Waals surface area contributed by atoms with E-state index in [0.717, 1.165) is 17.9 Å². The van der Waals surface area contributed by atoms with Crippen molar-refractivity contribution < 1.29 is 5.11 Å². The molecule has 0 spiro atoms. The zero-order chi connectivity index (χ0) is 23.0. The van der Waals surface area contributed by atoms with Crippen LogP contribution >= 0.6 is 23.2 Å². The standard InChI is InChI=1S/C22H27Cl2N7O/c1-13(2)19-11-29(4)22(32)31(19)20-7-8-25-21(28-20)27-14(3)18-10-30(12-26-18)15-5-6-16(23)17(24)9-15/h5-10,12-14,19,22,32H,11H2,1-4H3,(H,25,27,28)/t14-,19+,22?/m0/s1. The van der Waals surface area contributed by atoms with Crippen LogP contribution in [-0.2, 0) is 0 Å². The van der Waals surface area contributed by atoms with E-state index in [-0.39, 0.29) is 12.1 Å². The van der Waals surface area contributed by atoms with Crippen LogP contribution in [0.5, 0.6) is 0 Å². The second kappa shape index (κ2) is 9.23. The fourth-order valence-corrected chi connectivity index (χ4v) is 4.15. The Kier molecular flexibility index (Phi) is 6.57. The summed E-state index contributed by atoms with van der Waals surface area (Å²) in [6, 6.07) is 7.29. The molecule has 170 valence electrons. The minimum Gasteiger partial charge on any atom is -0.361 e. The van der Waals surface area contributed by atoms with Crippen molar-refractivity contribution in [3.63, 3.8) is 0 Å². The summed E-state index contributed by atoms with van der Waals surface area (Å²) >= 11 is 12.2. The van der Waals surface area contributed by atoms with Gasteiger partial charge in [-0.15, -0.1) is 0 Å². The van der Waals surface area contributed by atoms with Gasteiger partial charge in [-0.2, -0.15) is 4.98 Å². The molecule has 2 N–H and O–H groups in total. The van der Waals surface area contributed by atoms with E-state index < -0.39 is 6.35 Å². The number of nitrogens with one attached hydrogen (secondary N) is 1. The van der Waals surface area contributed by atoms with E-state index >= 15 is 0 Å². The Hall–Kier alpha value is -2.39. The summed E-state index contributed by atoms with van der Waals surface area (Å²) in [6.07, 6.45) is 4.64. The second-order valence-corrected chi connectivity index (χ2v) is 9.23. The third kappa shape index (κ3) is 4.54. The quantitative estimate of drug-likeness (QED) is 0.552. The van der Waals surface area contributed by atoms with Crippen LogP contribution < -0.4 is 10.2 Å². The molecule has 0 saturated carbocycles. The lowest BCUT2D eigenvalue weighted by Crippen LogP contribution is -2.42. The lowest BCUT2D eigenvalue weighted by atomic mass is 10.0. The van der Waals surface area contributed by atoms with Gasteiger partial charge in [-0.25, -0.2) is 9.97 Å². The Morgan fingerprint density at radius 3 is 2.62 bits per heavy atom. The van der Waals surface area contributed by atoms with Gasteiger partial charge in [0.1, 0.15) is 5.82 Å². The zero-order valence-corrected chi connectivity index (χ0v) is 20.0. The van der Waals surface area contributed by atoms with Gasteiger partial charge < -0.3 is 19.9 Å². The Balaban J connectivity index is 1.52. The highest BCUT2D eigenvalue weighted by Gasteiger charge is 2.38. The molecular formula is C22H27Cl2N7O. The molecule has 1 aliphatic rings. The molecule has 1 fully saturated rings. The van der Waals surface area contributed by atoms with Crippen molar-refractivity contribution in [2.45, 2.75) is 39.2 Å². The van der Waals surface area contributed by atoms with Crippen LogP contribution in [0.1, 0.15) is 32.5 Å². The van der Waals surface area contributed by atoms with Gasteiger partial charge in [0.15, 0.2) is 6.35 Å². The molecule has 10 heteroatoms. The van der Waals surface area contributed by atoms with Crippen LogP contribution in [0.2, 0.25) is 10.0 Å². The van der Waals surface area contributed by atoms with Crippen LogP contribution in [-0.4, -0.2) is 55.5 Å². The predicted octanol–water partition coefficient (Wildman–Crippen LogP) is 4.19. The molecule has 1 aromatic carbocycles. The summed E-state index contributed by atoms with van der Waals surface area (Å²) in [7, 11) is 1.91. The molecule has 0 aliphatic carbocycles. The van der Waals surface area contributed by atoms with Gasteiger partial charge in [0, 0.05) is 30.7 Å². The highest BCUT2D eigenvalue weighted by Crippen LogP contribution is 2.29. The Labute approximate surface area is 197 Å². The summed E-state index contributed by atoms with van der Waals surface area (Å²) in [4.78, 5) is 17.4. The summed E-state index contributed by atoms with van der Waals surface area (Å²) in [6.45, 7) is 7.06. The first kappa shape index (κ1) is 22.8. The zero-order valence-electron chi connectivity index (χ0n) is 18.4. The minimum absolute atomic E-state index is 0.138. The van der Waals surface area contributed by atoms with E-state index in [1.807, 2.05) is 46.7 Å². The number of halogens is 2. The maximum Gasteiger partial charge on any atom is 0.225 e. The number of aliphatic hydroxyl groups is 1. The number of aromatic nitrogens is 4. The van der Waals surface area contributed by atoms with E-state index in [1.165, 1.54) is 0 Å². The van der Waals surface area contributed by atoms with E-state index in [2.05, 4.69) is 34.1 Å². The lowest BCUT2D eigenvalue weighted by molar-refractivity contribution is 0.0583. The molecule has 3 heterocycles. The first-order chi connectivity index (χ1) is 15.2. The third-order valence-electron chi connectivity index (χ3n) is 5.74. The molecule has 3 atom stereocenters. The maximum atomic E-state index is 10.7. The van der Waals surface area contributed by atoms with Crippen LogP contribution in [0.15, 0.2) is 43.0 Å². The summed E-state index contributed by atoms with van der Waals surface area (Å²) in [5, 5.41) is 15.0. The minimum atomic E-state index is -0.718. The van der Waals surface area contributed by atoms with Gasteiger partial charge in [0.05, 0.1) is 28.1 Å². The van der Waals surface area contributed by atoms with Gasteiger partial charge >= 0.3 is 0 Å². The number of rotatable bonds is 6. The van der Waals surface area contributed by atoms with Crippen molar-refractivity contribution in [3.8, 4) is 5.69 Å². The number of hydrogen-bond acceptors (Lipinski definition) is 7. The van der Waals surface area contributed by atoms with Crippen molar-refractivity contribution in [2.24, 2.45) is 5.92 Å². The van der Waals surface area contributed by atoms with Crippen molar-refractivity contribution in [1.82, 2.24) is 24.4 Å². The monoisotopic (exact) mass is 475 g/mol. The van der Waals surface area contributed by atoms with Crippen LogP contribution in [0.3, 0.4) is 0 Å². The maximum absolute atomic E-state index is 10.7. The molecule has 1 aliphatic heterocycles. The summed E-state index contributed by atoms with van der Waals surface area (Å²) < 4.78 is 1.89. The molecule has 0 radical (unpaired) electrons. The van der Waals surface area contributed by atoms with Crippen molar-refractivity contribution in [3.05, 3.63) is 58.7 Å². The molecule has 3 aromatic rings. The van der Waals surface area contributed by atoms with Crippen molar-refractivity contribution in [1.29, 1.82) is 0 Å². The van der Waals surface area contributed by atoms with E-state index in [1.54, 1.807) is 24.7 Å². The molecule has 2 aromatic heterocycles. The number of nitrogens with zero attached hydrogens (tertiary/aromatic N) is 6. The Morgan fingerprint density at radius 2 is 1.91 bits per heavy atom. The average molecular weight is 476 g/mol. The fraction of sp³-hybridized carbons (Fsp3) is 0.409. The normalized spacial score (nSPS) is 20.2. The topological polar surface area (TPSA) is 82.3 Å². The van der Waals surface area contributed by atoms with Crippen LogP contribution in [0.25, 0.3) is 5.69 Å². The smallest absolute Gasteiger partial charge is 0.225 e. The fourth-order valence-electron chi connectivity index (χ4n) is 3.86. The number of hydrogen-bond donors (Lipinski definition) is 2. The molecule has 8 nitrogen and oxygen atoms in total. The SMILES string of the molecule is CC(C)[C@H]1CN(C)C(O)N1c1ccnc(N[C@@H](C)c2cn(-c3ccc(Cl)c(Cl)c3)cn2)n1. The molecule has 0 bridgehead atoms. The number of anilines is 2. The second-order valence-electron chi connectivity index (χ2n) is 8.41. The van der Waals surface area contributed by atoms with Gasteiger partial charge in [-0.05, 0) is 44.2 Å². The third-order valence-corrected chi connectivity index (χ3v) is 6.48. The number of benzene rings is 1.